The van der Waals surface area contributed by atoms with Gasteiger partial charge in [-0.1, -0.05) is 18.2 Å². The summed E-state index contributed by atoms with van der Waals surface area (Å²) in [4.78, 5) is 14.1. The van der Waals surface area contributed by atoms with Crippen LogP contribution in [0.1, 0.15) is 20.9 Å². The normalized spacial score (nSPS) is 11.6. The van der Waals surface area contributed by atoms with Gasteiger partial charge in [0.2, 0.25) is 10.0 Å². The highest BCUT2D eigenvalue weighted by atomic mass is 32.2. The van der Waals surface area contributed by atoms with E-state index in [1.54, 1.807) is 47.1 Å². The van der Waals surface area contributed by atoms with Gasteiger partial charge in [0, 0.05) is 17.6 Å². The monoisotopic (exact) mass is 484 g/mol. The first-order chi connectivity index (χ1) is 15.8. The number of aryl methyl sites for hydroxylation is 1. The Hall–Kier alpha value is -3.34. The Bertz CT molecular complexity index is 1420. The maximum Gasteiger partial charge on any atom is 0.265 e. The summed E-state index contributed by atoms with van der Waals surface area (Å²) in [6.07, 6.45) is 1.48. The molecule has 0 aliphatic rings. The number of aromatic nitrogens is 2. The Morgan fingerprint density at radius 2 is 1.88 bits per heavy atom. The summed E-state index contributed by atoms with van der Waals surface area (Å²) in [7, 11) is -3.45. The summed E-state index contributed by atoms with van der Waals surface area (Å²) >= 11 is 1.29. The third kappa shape index (κ3) is 5.19. The molecule has 2 aromatic heterocycles. The maximum absolute atomic E-state index is 13.3. The number of nitrogens with one attached hydrogen (secondary N) is 2. The molecule has 10 heteroatoms. The van der Waals surface area contributed by atoms with Gasteiger partial charge in [-0.2, -0.15) is 5.10 Å². The zero-order valence-electron chi connectivity index (χ0n) is 17.7. The lowest BCUT2D eigenvalue weighted by Crippen LogP contribution is -2.25. The van der Waals surface area contributed by atoms with E-state index in [1.165, 1.54) is 29.5 Å². The number of hydrogen-bond donors (Lipinski definition) is 2. The van der Waals surface area contributed by atoms with Crippen LogP contribution in [0.5, 0.6) is 0 Å². The van der Waals surface area contributed by atoms with Gasteiger partial charge in [0.15, 0.2) is 0 Å². The van der Waals surface area contributed by atoms with Crippen molar-refractivity contribution in [2.24, 2.45) is 0 Å². The molecule has 4 aromatic rings. The number of thiophene rings is 1. The molecule has 1 amide bonds. The van der Waals surface area contributed by atoms with Crippen LogP contribution >= 0.6 is 11.3 Å². The van der Waals surface area contributed by atoms with Gasteiger partial charge in [-0.25, -0.2) is 22.2 Å². The number of anilines is 1. The van der Waals surface area contributed by atoms with E-state index in [-0.39, 0.29) is 24.0 Å². The molecule has 0 aliphatic heterocycles. The van der Waals surface area contributed by atoms with Crippen molar-refractivity contribution in [3.8, 4) is 5.69 Å². The predicted octanol–water partition coefficient (Wildman–Crippen LogP) is 4.39. The molecule has 0 unspecified atom stereocenters. The van der Waals surface area contributed by atoms with Gasteiger partial charge in [0.25, 0.3) is 5.91 Å². The molecule has 0 spiro atoms. The molecule has 0 atom stereocenters. The predicted molar refractivity (Wildman–Crippen MR) is 129 cm³/mol. The van der Waals surface area contributed by atoms with Crippen LogP contribution < -0.4 is 10.0 Å². The molecule has 7 nitrogen and oxygen atoms in total. The summed E-state index contributed by atoms with van der Waals surface area (Å²) in [6.45, 7) is 5.51. The van der Waals surface area contributed by atoms with Crippen LogP contribution in [0.25, 0.3) is 15.9 Å². The van der Waals surface area contributed by atoms with E-state index < -0.39 is 10.0 Å². The Morgan fingerprint density at radius 1 is 1.18 bits per heavy atom. The Morgan fingerprint density at radius 3 is 2.55 bits per heavy atom. The third-order valence-corrected chi connectivity index (χ3v) is 7.28. The summed E-state index contributed by atoms with van der Waals surface area (Å²) in [5, 5.41) is 8.19. The van der Waals surface area contributed by atoms with Crippen molar-refractivity contribution in [2.75, 3.05) is 11.9 Å². The lowest BCUT2D eigenvalue weighted by atomic mass is 10.2. The zero-order valence-corrected chi connectivity index (χ0v) is 19.3. The zero-order chi connectivity index (χ0) is 23.6. The maximum atomic E-state index is 13.3. The molecule has 0 bridgehead atoms. The molecule has 2 aromatic carbocycles. The van der Waals surface area contributed by atoms with Crippen LogP contribution in [0, 0.1) is 12.7 Å². The fourth-order valence-electron chi connectivity index (χ4n) is 3.25. The van der Waals surface area contributed by atoms with Gasteiger partial charge in [-0.3, -0.25) is 4.79 Å². The number of benzene rings is 2. The van der Waals surface area contributed by atoms with E-state index in [0.717, 1.165) is 15.9 Å². The standard InChI is InChI=1S/C23H21FN4O3S2/c1-3-12-25-33(30,31)14-16-4-8-18(9-5-16)26-22(29)21-13-20-15(2)27-28(23(20)32-21)19-10-6-17(24)7-11-19/h3-11,13,25H,1,12,14H2,2H3,(H,26,29). The number of rotatable bonds is 8. The topological polar surface area (TPSA) is 93.1 Å². The van der Waals surface area contributed by atoms with E-state index in [9.17, 15) is 17.6 Å². The molecule has 2 heterocycles. The van der Waals surface area contributed by atoms with Gasteiger partial charge in [0.05, 0.1) is 22.0 Å². The third-order valence-electron chi connectivity index (χ3n) is 4.86. The highest BCUT2D eigenvalue weighted by molar-refractivity contribution is 7.88. The van der Waals surface area contributed by atoms with Crippen LogP contribution in [-0.4, -0.2) is 30.7 Å². The van der Waals surface area contributed by atoms with Crippen molar-refractivity contribution in [1.29, 1.82) is 0 Å². The van der Waals surface area contributed by atoms with Crippen molar-refractivity contribution in [2.45, 2.75) is 12.7 Å². The summed E-state index contributed by atoms with van der Waals surface area (Å²) in [5.74, 6) is -0.777. The van der Waals surface area contributed by atoms with Crippen LogP contribution in [0.3, 0.4) is 0 Å². The van der Waals surface area contributed by atoms with E-state index >= 15 is 0 Å². The summed E-state index contributed by atoms with van der Waals surface area (Å²) < 4.78 is 41.4. The largest absolute Gasteiger partial charge is 0.321 e. The van der Waals surface area contributed by atoms with Crippen molar-refractivity contribution < 1.29 is 17.6 Å². The Kier molecular flexibility index (Phi) is 6.41. The first-order valence-electron chi connectivity index (χ1n) is 9.99. The highest BCUT2D eigenvalue weighted by Gasteiger charge is 2.18. The molecule has 4 rings (SSSR count). The number of halogens is 1. The number of fused-ring (bicyclic) bond motifs is 1. The second-order valence-electron chi connectivity index (χ2n) is 7.35. The van der Waals surface area contributed by atoms with E-state index in [1.807, 2.05) is 6.92 Å². The molecule has 0 aliphatic carbocycles. The average molecular weight is 485 g/mol. The molecule has 0 fully saturated rings. The average Bonchev–Trinajstić information content (AvgIpc) is 3.35. The van der Waals surface area contributed by atoms with Crippen molar-refractivity contribution in [3.63, 3.8) is 0 Å². The van der Waals surface area contributed by atoms with Crippen LogP contribution in [0.15, 0.2) is 67.3 Å². The molecule has 170 valence electrons. The minimum atomic E-state index is -3.45. The van der Waals surface area contributed by atoms with Gasteiger partial charge in [-0.05, 0) is 55.0 Å². The lowest BCUT2D eigenvalue weighted by molar-refractivity contribution is 0.103. The quantitative estimate of drug-likeness (QED) is 0.363. The molecule has 0 saturated heterocycles. The fourth-order valence-corrected chi connectivity index (χ4v) is 5.43. The van der Waals surface area contributed by atoms with Crippen LogP contribution in [0.4, 0.5) is 10.1 Å². The van der Waals surface area contributed by atoms with Crippen LogP contribution in [0.2, 0.25) is 0 Å². The number of hydrogen-bond acceptors (Lipinski definition) is 5. The molecule has 2 N–H and O–H groups in total. The van der Waals surface area contributed by atoms with Gasteiger partial charge >= 0.3 is 0 Å². The van der Waals surface area contributed by atoms with Crippen molar-refractivity contribution in [3.05, 3.63) is 89.2 Å². The van der Waals surface area contributed by atoms with E-state index in [4.69, 9.17) is 0 Å². The van der Waals surface area contributed by atoms with Crippen molar-refractivity contribution in [1.82, 2.24) is 14.5 Å². The minimum absolute atomic E-state index is 0.162. The lowest BCUT2D eigenvalue weighted by Gasteiger charge is -2.07. The van der Waals surface area contributed by atoms with E-state index in [2.05, 4.69) is 21.7 Å². The van der Waals surface area contributed by atoms with E-state index in [0.29, 0.717) is 21.8 Å². The second-order valence-corrected chi connectivity index (χ2v) is 10.2. The first-order valence-corrected chi connectivity index (χ1v) is 12.5. The SMILES string of the molecule is C=CCNS(=O)(=O)Cc1ccc(NC(=O)c2cc3c(C)nn(-c4ccc(F)cc4)c3s2)cc1. The number of amides is 1. The van der Waals surface area contributed by atoms with Gasteiger partial charge in [-0.15, -0.1) is 17.9 Å². The number of nitrogens with zero attached hydrogens (tertiary/aromatic N) is 2. The number of sulfonamides is 1. The molecule has 0 radical (unpaired) electrons. The van der Waals surface area contributed by atoms with Crippen molar-refractivity contribution >= 4 is 43.2 Å². The fraction of sp³-hybridized carbons (Fsp3) is 0.130. The van der Waals surface area contributed by atoms with Gasteiger partial charge in [0.1, 0.15) is 10.6 Å². The smallest absolute Gasteiger partial charge is 0.265 e. The number of carbonyl (C=O) groups excluding carboxylic acids is 1. The molecule has 0 saturated carbocycles. The Balaban J connectivity index is 1.51. The number of carbonyl (C=O) groups is 1. The summed E-state index contributed by atoms with van der Waals surface area (Å²) in [5.41, 5.74) is 2.62. The second kappa shape index (κ2) is 9.26. The van der Waals surface area contributed by atoms with Crippen LogP contribution in [-0.2, 0) is 15.8 Å². The molecular formula is C23H21FN4O3S2. The minimum Gasteiger partial charge on any atom is -0.321 e. The Labute approximate surface area is 194 Å². The summed E-state index contributed by atoms with van der Waals surface area (Å²) in [6, 6.07) is 14.4. The highest BCUT2D eigenvalue weighted by Crippen LogP contribution is 2.31. The van der Waals surface area contributed by atoms with Gasteiger partial charge < -0.3 is 5.32 Å². The molecule has 33 heavy (non-hydrogen) atoms. The molecular weight excluding hydrogens is 463 g/mol. The first kappa shape index (κ1) is 22.8.